The molecule has 1 aromatic carbocycles. The summed E-state index contributed by atoms with van der Waals surface area (Å²) in [6.45, 7) is 4.09. The standard InChI is InChI=1S/C17H20ClN3O2/c1-11(2)16(19)17(23)20-13-7-8-15(22)21(10-13)9-12-5-3-4-6-14(12)18/h3-8,10-11,16H,9,19H2,1-2H3,(H,20,23). The molecule has 0 aliphatic rings. The van der Waals surface area contributed by atoms with Crippen LogP contribution in [0.2, 0.25) is 5.02 Å². The molecule has 1 aromatic heterocycles. The van der Waals surface area contributed by atoms with Gasteiger partial charge in [-0.2, -0.15) is 0 Å². The molecular weight excluding hydrogens is 314 g/mol. The minimum absolute atomic E-state index is 0.0315. The lowest BCUT2D eigenvalue weighted by atomic mass is 10.1. The third-order valence-electron chi connectivity index (χ3n) is 3.57. The number of carbonyl (C=O) groups is 1. The number of amides is 1. The average Bonchev–Trinajstić information content (AvgIpc) is 2.51. The summed E-state index contributed by atoms with van der Waals surface area (Å²) in [5.74, 6) is -0.244. The Labute approximate surface area is 140 Å². The predicted molar refractivity (Wildman–Crippen MR) is 92.7 cm³/mol. The van der Waals surface area contributed by atoms with Gasteiger partial charge in [0.15, 0.2) is 0 Å². The molecule has 23 heavy (non-hydrogen) atoms. The Morgan fingerprint density at radius 2 is 1.96 bits per heavy atom. The van der Waals surface area contributed by atoms with Crippen molar-refractivity contribution in [2.24, 2.45) is 11.7 Å². The molecule has 3 N–H and O–H groups in total. The summed E-state index contributed by atoms with van der Waals surface area (Å²) in [4.78, 5) is 24.0. The number of anilines is 1. The second kappa shape index (κ2) is 7.44. The maximum absolute atomic E-state index is 12.0. The summed E-state index contributed by atoms with van der Waals surface area (Å²) in [5.41, 5.74) is 7.01. The van der Waals surface area contributed by atoms with Crippen molar-refractivity contribution in [3.8, 4) is 0 Å². The first-order chi connectivity index (χ1) is 10.9. The van der Waals surface area contributed by atoms with Crippen LogP contribution in [0.25, 0.3) is 0 Å². The molecule has 1 unspecified atom stereocenters. The topological polar surface area (TPSA) is 77.1 Å². The second-order valence-corrected chi connectivity index (χ2v) is 6.14. The summed E-state index contributed by atoms with van der Waals surface area (Å²) in [6, 6.07) is 9.70. The van der Waals surface area contributed by atoms with Crippen LogP contribution in [0.4, 0.5) is 5.69 Å². The van der Waals surface area contributed by atoms with Gasteiger partial charge in [0.1, 0.15) is 0 Å². The van der Waals surface area contributed by atoms with Gasteiger partial charge in [-0.1, -0.05) is 43.6 Å². The van der Waals surface area contributed by atoms with Crippen LogP contribution in [0.15, 0.2) is 47.4 Å². The summed E-state index contributed by atoms with van der Waals surface area (Å²) in [6.07, 6.45) is 1.59. The van der Waals surface area contributed by atoms with Crippen molar-refractivity contribution in [2.45, 2.75) is 26.4 Å². The van der Waals surface area contributed by atoms with Gasteiger partial charge in [0.05, 0.1) is 18.3 Å². The van der Waals surface area contributed by atoms with Gasteiger partial charge in [0, 0.05) is 17.3 Å². The molecule has 0 bridgehead atoms. The maximum atomic E-state index is 12.0. The number of nitrogens with two attached hydrogens (primary N) is 1. The first kappa shape index (κ1) is 17.2. The van der Waals surface area contributed by atoms with E-state index < -0.39 is 6.04 Å². The molecule has 0 aliphatic heterocycles. The molecule has 5 nitrogen and oxygen atoms in total. The van der Waals surface area contributed by atoms with Crippen LogP contribution in [0.3, 0.4) is 0 Å². The molecular formula is C17H20ClN3O2. The number of nitrogens with one attached hydrogen (secondary N) is 1. The molecule has 0 fully saturated rings. The zero-order chi connectivity index (χ0) is 17.0. The number of nitrogens with zero attached hydrogens (tertiary/aromatic N) is 1. The van der Waals surface area contributed by atoms with E-state index in [4.69, 9.17) is 17.3 Å². The van der Waals surface area contributed by atoms with Gasteiger partial charge in [-0.15, -0.1) is 0 Å². The van der Waals surface area contributed by atoms with E-state index in [0.29, 0.717) is 17.3 Å². The van der Waals surface area contributed by atoms with Gasteiger partial charge in [0.2, 0.25) is 5.91 Å². The quantitative estimate of drug-likeness (QED) is 0.882. The van der Waals surface area contributed by atoms with E-state index in [2.05, 4.69) is 5.32 Å². The number of carbonyl (C=O) groups excluding carboxylic acids is 1. The fourth-order valence-electron chi connectivity index (χ4n) is 2.07. The average molecular weight is 334 g/mol. The molecule has 0 saturated heterocycles. The molecule has 2 rings (SSSR count). The van der Waals surface area contributed by atoms with Gasteiger partial charge >= 0.3 is 0 Å². The number of hydrogen-bond acceptors (Lipinski definition) is 3. The molecule has 122 valence electrons. The fourth-order valence-corrected chi connectivity index (χ4v) is 2.26. The van der Waals surface area contributed by atoms with Crippen molar-refractivity contribution < 1.29 is 4.79 Å². The van der Waals surface area contributed by atoms with Crippen molar-refractivity contribution in [3.05, 3.63) is 63.5 Å². The number of aromatic nitrogens is 1. The zero-order valence-corrected chi connectivity index (χ0v) is 13.9. The van der Waals surface area contributed by atoms with Crippen LogP contribution >= 0.6 is 11.6 Å². The van der Waals surface area contributed by atoms with E-state index in [1.54, 1.807) is 18.3 Å². The first-order valence-corrected chi connectivity index (χ1v) is 7.76. The summed E-state index contributed by atoms with van der Waals surface area (Å²) >= 11 is 6.13. The van der Waals surface area contributed by atoms with Crippen molar-refractivity contribution in [1.29, 1.82) is 0 Å². The molecule has 0 radical (unpaired) electrons. The Hall–Kier alpha value is -2.11. The molecule has 6 heteroatoms. The predicted octanol–water partition coefficient (Wildman–Crippen LogP) is 2.47. The van der Waals surface area contributed by atoms with Crippen molar-refractivity contribution in [3.63, 3.8) is 0 Å². The number of pyridine rings is 1. The van der Waals surface area contributed by atoms with Crippen LogP contribution in [-0.4, -0.2) is 16.5 Å². The SMILES string of the molecule is CC(C)C(N)C(=O)Nc1ccc(=O)n(Cc2ccccc2Cl)c1. The largest absolute Gasteiger partial charge is 0.323 e. The summed E-state index contributed by atoms with van der Waals surface area (Å²) in [7, 11) is 0. The molecule has 1 amide bonds. The Morgan fingerprint density at radius 3 is 2.61 bits per heavy atom. The minimum Gasteiger partial charge on any atom is -0.323 e. The van der Waals surface area contributed by atoms with Gasteiger partial charge in [-0.25, -0.2) is 0 Å². The minimum atomic E-state index is -0.598. The highest BCUT2D eigenvalue weighted by Gasteiger charge is 2.17. The summed E-state index contributed by atoms with van der Waals surface area (Å²) in [5, 5.41) is 3.33. The highest BCUT2D eigenvalue weighted by atomic mass is 35.5. The molecule has 1 heterocycles. The van der Waals surface area contributed by atoms with Gasteiger partial charge in [-0.3, -0.25) is 9.59 Å². The highest BCUT2D eigenvalue weighted by molar-refractivity contribution is 6.31. The van der Waals surface area contributed by atoms with E-state index in [1.807, 2.05) is 32.0 Å². The van der Waals surface area contributed by atoms with Gasteiger partial charge < -0.3 is 15.6 Å². The van der Waals surface area contributed by atoms with Gasteiger partial charge in [0.25, 0.3) is 5.56 Å². The fraction of sp³-hybridized carbons (Fsp3) is 0.294. The number of benzene rings is 1. The zero-order valence-electron chi connectivity index (χ0n) is 13.1. The Kier molecular flexibility index (Phi) is 5.58. The lowest BCUT2D eigenvalue weighted by molar-refractivity contribution is -0.118. The van der Waals surface area contributed by atoms with Crippen LogP contribution < -0.4 is 16.6 Å². The highest BCUT2D eigenvalue weighted by Crippen LogP contribution is 2.16. The molecule has 0 saturated carbocycles. The number of halogens is 1. The third kappa shape index (κ3) is 4.43. The first-order valence-electron chi connectivity index (χ1n) is 7.39. The van der Waals surface area contributed by atoms with E-state index in [0.717, 1.165) is 5.56 Å². The molecule has 1 atom stereocenters. The van der Waals surface area contributed by atoms with E-state index in [1.165, 1.54) is 10.6 Å². The lowest BCUT2D eigenvalue weighted by Gasteiger charge is -2.16. The smallest absolute Gasteiger partial charge is 0.250 e. The van der Waals surface area contributed by atoms with Crippen molar-refractivity contribution in [1.82, 2.24) is 4.57 Å². The Morgan fingerprint density at radius 1 is 1.26 bits per heavy atom. The van der Waals surface area contributed by atoms with E-state index in [9.17, 15) is 9.59 Å². The van der Waals surface area contributed by atoms with Crippen LogP contribution in [0, 0.1) is 5.92 Å². The van der Waals surface area contributed by atoms with Crippen molar-refractivity contribution >= 4 is 23.2 Å². The van der Waals surface area contributed by atoms with Crippen LogP contribution in [0.1, 0.15) is 19.4 Å². The normalized spacial score (nSPS) is 12.2. The van der Waals surface area contributed by atoms with Crippen LogP contribution in [0.5, 0.6) is 0 Å². The second-order valence-electron chi connectivity index (χ2n) is 5.73. The molecule has 2 aromatic rings. The monoisotopic (exact) mass is 333 g/mol. The Balaban J connectivity index is 2.21. The molecule has 0 spiro atoms. The third-order valence-corrected chi connectivity index (χ3v) is 3.94. The van der Waals surface area contributed by atoms with Crippen LogP contribution in [-0.2, 0) is 11.3 Å². The van der Waals surface area contributed by atoms with Crippen molar-refractivity contribution in [2.75, 3.05) is 5.32 Å². The lowest BCUT2D eigenvalue weighted by Crippen LogP contribution is -2.40. The molecule has 0 aliphatic carbocycles. The maximum Gasteiger partial charge on any atom is 0.250 e. The van der Waals surface area contributed by atoms with E-state index in [-0.39, 0.29) is 17.4 Å². The van der Waals surface area contributed by atoms with E-state index >= 15 is 0 Å². The number of rotatable bonds is 5. The summed E-state index contributed by atoms with van der Waals surface area (Å²) < 4.78 is 1.50. The number of hydrogen-bond donors (Lipinski definition) is 2. The van der Waals surface area contributed by atoms with Gasteiger partial charge in [-0.05, 0) is 23.6 Å². The Bertz CT molecular complexity index is 755.